The maximum Gasteiger partial charge on any atom is 0.414 e. The first-order valence-electron chi connectivity index (χ1n) is 10.2. The summed E-state index contributed by atoms with van der Waals surface area (Å²) in [5.74, 6) is -0.822. The minimum atomic E-state index is -1.01. The molecule has 2 rings (SSSR count). The summed E-state index contributed by atoms with van der Waals surface area (Å²) >= 11 is 3.86. The van der Waals surface area contributed by atoms with E-state index in [1.54, 1.807) is 54.6 Å². The lowest BCUT2D eigenvalue weighted by Crippen LogP contribution is -2.35. The molecule has 0 bridgehead atoms. The van der Waals surface area contributed by atoms with E-state index < -0.39 is 30.2 Å². The van der Waals surface area contributed by atoms with Gasteiger partial charge in [-0.3, -0.25) is 14.9 Å². The molecule has 2 aromatic rings. The van der Waals surface area contributed by atoms with Crippen molar-refractivity contribution < 1.29 is 38.4 Å². The average Bonchev–Trinajstić information content (AvgIpc) is 2.84. The monoisotopic (exact) mass is 477 g/mol. The zero-order valence-corrected chi connectivity index (χ0v) is 19.0. The second-order valence-electron chi connectivity index (χ2n) is 6.70. The van der Waals surface area contributed by atoms with Crippen LogP contribution < -0.4 is 10.1 Å². The maximum absolute atomic E-state index is 12.6. The Morgan fingerprint density at radius 3 is 2.39 bits per heavy atom. The standard InChI is InChI=1S/C23H27NO8S/c1-29-19(11-13-31-20(26)15-33)21(17-9-5-6-10-18(17)30-14-12-25)32-23(28)24-22(27)16-7-3-2-4-8-16/h2-10,19,21,25,33H,11-15H2,1H3,(H,24,27,28)/t19-,21-/m1/s1. The molecule has 0 unspecified atom stereocenters. The second kappa shape index (κ2) is 14.1. The van der Waals surface area contributed by atoms with Gasteiger partial charge >= 0.3 is 12.1 Å². The first kappa shape index (κ1) is 26.2. The number of nitrogens with one attached hydrogen (secondary N) is 1. The topological polar surface area (TPSA) is 120 Å². The lowest BCUT2D eigenvalue weighted by molar-refractivity contribution is -0.141. The van der Waals surface area contributed by atoms with Gasteiger partial charge in [-0.05, 0) is 18.2 Å². The number of benzene rings is 2. The number of aliphatic hydroxyl groups is 1. The summed E-state index contributed by atoms with van der Waals surface area (Å²) in [6.45, 7) is -0.180. The number of amides is 2. The van der Waals surface area contributed by atoms with Gasteiger partial charge in [0, 0.05) is 24.7 Å². The maximum atomic E-state index is 12.6. The van der Waals surface area contributed by atoms with Crippen molar-refractivity contribution in [2.75, 3.05) is 32.7 Å². The zero-order chi connectivity index (χ0) is 24.1. The molecule has 0 saturated carbocycles. The predicted molar refractivity (Wildman–Crippen MR) is 122 cm³/mol. The van der Waals surface area contributed by atoms with Crippen molar-refractivity contribution in [3.63, 3.8) is 0 Å². The van der Waals surface area contributed by atoms with Crippen LogP contribution in [0.2, 0.25) is 0 Å². The molecule has 2 atom stereocenters. The number of aliphatic hydroxyl groups excluding tert-OH is 1. The quantitative estimate of drug-likeness (QED) is 0.315. The van der Waals surface area contributed by atoms with Crippen LogP contribution in [-0.4, -0.2) is 61.9 Å². The van der Waals surface area contributed by atoms with Crippen molar-refractivity contribution in [1.29, 1.82) is 0 Å². The van der Waals surface area contributed by atoms with Gasteiger partial charge in [-0.25, -0.2) is 4.79 Å². The van der Waals surface area contributed by atoms with Crippen LogP contribution in [0.25, 0.3) is 0 Å². The fourth-order valence-corrected chi connectivity index (χ4v) is 3.06. The van der Waals surface area contributed by atoms with Crippen LogP contribution in [0.3, 0.4) is 0 Å². The number of rotatable bonds is 12. The fourth-order valence-electron chi connectivity index (χ4n) is 2.97. The first-order chi connectivity index (χ1) is 16.0. The molecule has 0 aromatic heterocycles. The molecule has 0 aliphatic rings. The lowest BCUT2D eigenvalue weighted by atomic mass is 10.0. The highest BCUT2D eigenvalue weighted by Gasteiger charge is 2.30. The van der Waals surface area contributed by atoms with Crippen molar-refractivity contribution in [2.45, 2.75) is 18.6 Å². The van der Waals surface area contributed by atoms with Gasteiger partial charge in [-0.1, -0.05) is 36.4 Å². The van der Waals surface area contributed by atoms with Crippen molar-refractivity contribution in [3.8, 4) is 5.75 Å². The van der Waals surface area contributed by atoms with Crippen molar-refractivity contribution in [1.82, 2.24) is 5.32 Å². The molecule has 2 amide bonds. The summed E-state index contributed by atoms with van der Waals surface area (Å²) in [6.07, 6.45) is -2.55. The number of thiol groups is 1. The zero-order valence-electron chi connectivity index (χ0n) is 18.1. The molecule has 2 aromatic carbocycles. The number of hydrogen-bond donors (Lipinski definition) is 3. The van der Waals surface area contributed by atoms with Gasteiger partial charge in [0.25, 0.3) is 5.91 Å². The SMILES string of the molecule is CO[C@H](CCOC(=O)CS)[C@H](OC(=O)NC(=O)c1ccccc1)c1ccccc1OCCO. The van der Waals surface area contributed by atoms with Gasteiger partial charge in [0.1, 0.15) is 18.5 Å². The number of imide groups is 1. The molecule has 33 heavy (non-hydrogen) atoms. The number of alkyl carbamates (subject to hydrolysis) is 1. The molecule has 0 fully saturated rings. The number of para-hydroxylation sites is 1. The molecule has 0 saturated heterocycles. The van der Waals surface area contributed by atoms with Crippen LogP contribution in [0, 0.1) is 0 Å². The lowest BCUT2D eigenvalue weighted by Gasteiger charge is -2.27. The molecule has 9 nitrogen and oxygen atoms in total. The molecule has 0 aliphatic heterocycles. The van der Waals surface area contributed by atoms with E-state index in [4.69, 9.17) is 24.1 Å². The third kappa shape index (κ3) is 8.41. The van der Waals surface area contributed by atoms with Gasteiger partial charge in [-0.2, -0.15) is 12.6 Å². The third-order valence-electron chi connectivity index (χ3n) is 4.49. The van der Waals surface area contributed by atoms with E-state index in [0.29, 0.717) is 16.9 Å². The van der Waals surface area contributed by atoms with Crippen LogP contribution in [0.15, 0.2) is 54.6 Å². The average molecular weight is 478 g/mol. The largest absolute Gasteiger partial charge is 0.491 e. The van der Waals surface area contributed by atoms with Crippen LogP contribution in [0.5, 0.6) is 5.75 Å². The highest BCUT2D eigenvalue weighted by molar-refractivity contribution is 7.81. The number of carbonyl (C=O) groups excluding carboxylic acids is 3. The second-order valence-corrected chi connectivity index (χ2v) is 7.01. The van der Waals surface area contributed by atoms with Crippen LogP contribution >= 0.6 is 12.6 Å². The fraction of sp³-hybridized carbons (Fsp3) is 0.348. The Hall–Kier alpha value is -3.08. The Balaban J connectivity index is 2.23. The summed E-state index contributed by atoms with van der Waals surface area (Å²) in [5, 5.41) is 11.3. The smallest absolute Gasteiger partial charge is 0.414 e. The molecule has 0 radical (unpaired) electrons. The Labute approximate surface area is 197 Å². The summed E-state index contributed by atoms with van der Waals surface area (Å²) in [4.78, 5) is 36.4. The minimum absolute atomic E-state index is 0.00197. The van der Waals surface area contributed by atoms with E-state index in [0.717, 1.165) is 0 Å². The van der Waals surface area contributed by atoms with E-state index in [-0.39, 0.29) is 32.0 Å². The molecule has 0 heterocycles. The number of carbonyl (C=O) groups is 3. The van der Waals surface area contributed by atoms with E-state index >= 15 is 0 Å². The number of ether oxygens (including phenoxy) is 4. The van der Waals surface area contributed by atoms with Crippen molar-refractivity contribution in [2.24, 2.45) is 0 Å². The number of hydrogen-bond acceptors (Lipinski definition) is 9. The molecule has 10 heteroatoms. The Kier molecular flexibility index (Phi) is 11.2. The molecular weight excluding hydrogens is 450 g/mol. The molecular formula is C23H27NO8S. The molecule has 178 valence electrons. The Morgan fingerprint density at radius 2 is 1.73 bits per heavy atom. The predicted octanol–water partition coefficient (Wildman–Crippen LogP) is 2.54. The Morgan fingerprint density at radius 1 is 1.03 bits per heavy atom. The summed E-state index contributed by atoms with van der Waals surface area (Å²) in [7, 11) is 1.42. The number of methoxy groups -OCH3 is 1. The van der Waals surface area contributed by atoms with Gasteiger partial charge < -0.3 is 24.1 Å². The highest BCUT2D eigenvalue weighted by Crippen LogP contribution is 2.33. The first-order valence-corrected chi connectivity index (χ1v) is 10.8. The van der Waals surface area contributed by atoms with Gasteiger partial charge in [0.15, 0.2) is 6.10 Å². The van der Waals surface area contributed by atoms with Crippen LogP contribution in [0.1, 0.15) is 28.4 Å². The Bertz CT molecular complexity index is 908. The van der Waals surface area contributed by atoms with Crippen molar-refractivity contribution in [3.05, 3.63) is 65.7 Å². The van der Waals surface area contributed by atoms with Crippen LogP contribution in [-0.2, 0) is 19.0 Å². The minimum Gasteiger partial charge on any atom is -0.491 e. The van der Waals surface area contributed by atoms with Gasteiger partial charge in [0.2, 0.25) is 0 Å². The normalized spacial score (nSPS) is 12.3. The van der Waals surface area contributed by atoms with Crippen molar-refractivity contribution >= 4 is 30.6 Å². The van der Waals surface area contributed by atoms with E-state index in [9.17, 15) is 14.4 Å². The van der Waals surface area contributed by atoms with Crippen LogP contribution in [0.4, 0.5) is 4.79 Å². The van der Waals surface area contributed by atoms with E-state index in [2.05, 4.69) is 17.9 Å². The molecule has 0 aliphatic carbocycles. The van der Waals surface area contributed by atoms with Gasteiger partial charge in [-0.15, -0.1) is 0 Å². The molecule has 2 N–H and O–H groups in total. The highest BCUT2D eigenvalue weighted by atomic mass is 32.1. The molecule has 0 spiro atoms. The summed E-state index contributed by atoms with van der Waals surface area (Å²) in [5.41, 5.74) is 0.750. The third-order valence-corrected chi connectivity index (χ3v) is 4.75. The van der Waals surface area contributed by atoms with E-state index in [1.165, 1.54) is 7.11 Å². The number of esters is 1. The summed E-state index contributed by atoms with van der Waals surface area (Å²) < 4.78 is 21.8. The van der Waals surface area contributed by atoms with Gasteiger partial charge in [0.05, 0.1) is 19.0 Å². The summed E-state index contributed by atoms with van der Waals surface area (Å²) in [6, 6.07) is 15.0. The van der Waals surface area contributed by atoms with E-state index in [1.807, 2.05) is 0 Å².